The van der Waals surface area contributed by atoms with Gasteiger partial charge in [0.25, 0.3) is 0 Å². The van der Waals surface area contributed by atoms with E-state index in [4.69, 9.17) is 10.2 Å². The SMILES string of the molecule is CCN(CC)P(N)Nc1ccccc1-c1ccccc1OC. The lowest BCUT2D eigenvalue weighted by Crippen LogP contribution is -2.24. The third-order valence-electron chi connectivity index (χ3n) is 3.59. The minimum atomic E-state index is -0.898. The van der Waals surface area contributed by atoms with Crippen molar-refractivity contribution in [2.45, 2.75) is 13.8 Å². The second-order valence-electron chi connectivity index (χ2n) is 4.84. The highest BCUT2D eigenvalue weighted by Gasteiger charge is 2.14. The first-order chi connectivity index (χ1) is 10.7. The molecule has 22 heavy (non-hydrogen) atoms. The van der Waals surface area contributed by atoms with E-state index in [1.54, 1.807) is 7.11 Å². The van der Waals surface area contributed by atoms with Crippen LogP contribution in [0.4, 0.5) is 5.69 Å². The molecule has 0 amide bonds. The molecule has 4 nitrogen and oxygen atoms in total. The molecule has 0 spiro atoms. The molecule has 0 radical (unpaired) electrons. The van der Waals surface area contributed by atoms with E-state index in [0.717, 1.165) is 35.7 Å². The van der Waals surface area contributed by atoms with Crippen molar-refractivity contribution in [3.8, 4) is 16.9 Å². The summed E-state index contributed by atoms with van der Waals surface area (Å²) in [4.78, 5) is 0. The highest BCUT2D eigenvalue weighted by atomic mass is 31.1. The molecule has 0 aliphatic carbocycles. The third kappa shape index (κ3) is 3.77. The quantitative estimate of drug-likeness (QED) is 0.748. The molecule has 118 valence electrons. The Morgan fingerprint density at radius 3 is 2.23 bits per heavy atom. The van der Waals surface area contributed by atoms with Crippen molar-refractivity contribution in [1.29, 1.82) is 0 Å². The molecule has 1 atom stereocenters. The van der Waals surface area contributed by atoms with Crippen LogP contribution in [0.2, 0.25) is 0 Å². The lowest BCUT2D eigenvalue weighted by Gasteiger charge is -2.27. The number of nitrogens with zero attached hydrogens (tertiary/aromatic N) is 1. The largest absolute Gasteiger partial charge is 0.496 e. The molecular formula is C17H24N3OP. The maximum absolute atomic E-state index is 6.34. The van der Waals surface area contributed by atoms with Crippen LogP contribution >= 0.6 is 8.37 Å². The first kappa shape index (κ1) is 16.8. The van der Waals surface area contributed by atoms with Crippen molar-refractivity contribution in [2.75, 3.05) is 25.3 Å². The Balaban J connectivity index is 2.35. The van der Waals surface area contributed by atoms with Crippen molar-refractivity contribution in [1.82, 2.24) is 4.67 Å². The van der Waals surface area contributed by atoms with Crippen molar-refractivity contribution >= 4 is 14.1 Å². The van der Waals surface area contributed by atoms with E-state index in [-0.39, 0.29) is 0 Å². The van der Waals surface area contributed by atoms with Gasteiger partial charge in [-0.1, -0.05) is 50.2 Å². The lowest BCUT2D eigenvalue weighted by atomic mass is 10.0. The average Bonchev–Trinajstić information content (AvgIpc) is 2.56. The molecule has 0 aliphatic rings. The van der Waals surface area contributed by atoms with Gasteiger partial charge in [-0.15, -0.1) is 0 Å². The van der Waals surface area contributed by atoms with Gasteiger partial charge in [-0.3, -0.25) is 10.2 Å². The fraction of sp³-hybridized carbons (Fsp3) is 0.294. The zero-order valence-electron chi connectivity index (χ0n) is 13.4. The molecule has 2 aromatic rings. The van der Waals surface area contributed by atoms with Gasteiger partial charge in [0.1, 0.15) is 14.1 Å². The molecular weight excluding hydrogens is 293 g/mol. The number of hydrogen-bond acceptors (Lipinski definition) is 4. The summed E-state index contributed by atoms with van der Waals surface area (Å²) in [6.07, 6.45) is 0. The molecule has 0 bridgehead atoms. The van der Waals surface area contributed by atoms with E-state index in [1.165, 1.54) is 0 Å². The summed E-state index contributed by atoms with van der Waals surface area (Å²) in [6.45, 7) is 6.12. The Morgan fingerprint density at radius 1 is 1.00 bits per heavy atom. The van der Waals surface area contributed by atoms with E-state index in [2.05, 4.69) is 41.8 Å². The Labute approximate surface area is 134 Å². The first-order valence-electron chi connectivity index (χ1n) is 7.50. The number of nitrogens with one attached hydrogen (secondary N) is 1. The van der Waals surface area contributed by atoms with Crippen LogP contribution < -0.4 is 15.3 Å². The fourth-order valence-corrected chi connectivity index (χ4v) is 3.60. The normalized spacial score (nSPS) is 12.2. The maximum atomic E-state index is 6.34. The van der Waals surface area contributed by atoms with Gasteiger partial charge in [0, 0.05) is 29.9 Å². The molecule has 1 unspecified atom stereocenters. The van der Waals surface area contributed by atoms with E-state index in [9.17, 15) is 0 Å². The van der Waals surface area contributed by atoms with Crippen LogP contribution in [0.1, 0.15) is 13.8 Å². The number of nitrogens with two attached hydrogens (primary N) is 1. The zero-order chi connectivity index (χ0) is 15.9. The van der Waals surface area contributed by atoms with Crippen LogP contribution in [0.5, 0.6) is 5.75 Å². The average molecular weight is 317 g/mol. The van der Waals surface area contributed by atoms with Gasteiger partial charge in [0.05, 0.1) is 7.11 Å². The van der Waals surface area contributed by atoms with E-state index >= 15 is 0 Å². The summed E-state index contributed by atoms with van der Waals surface area (Å²) in [5, 5.41) is 3.48. The number of hydrogen-bond donors (Lipinski definition) is 2. The summed E-state index contributed by atoms with van der Waals surface area (Å²) in [6, 6.07) is 16.2. The molecule has 2 aromatic carbocycles. The van der Waals surface area contributed by atoms with Crippen LogP contribution in [-0.4, -0.2) is 24.9 Å². The van der Waals surface area contributed by atoms with Gasteiger partial charge >= 0.3 is 0 Å². The van der Waals surface area contributed by atoms with Crippen molar-refractivity contribution in [3.63, 3.8) is 0 Å². The van der Waals surface area contributed by atoms with Crippen LogP contribution in [0.3, 0.4) is 0 Å². The predicted molar refractivity (Wildman–Crippen MR) is 96.1 cm³/mol. The number of anilines is 1. The topological polar surface area (TPSA) is 50.5 Å². The Kier molecular flexibility index (Phi) is 6.20. The van der Waals surface area contributed by atoms with E-state index in [1.807, 2.05) is 30.3 Å². The molecule has 0 aliphatic heterocycles. The van der Waals surface area contributed by atoms with Crippen LogP contribution in [0.25, 0.3) is 11.1 Å². The summed E-state index contributed by atoms with van der Waals surface area (Å²) in [7, 11) is 0.797. The standard InChI is InChI=1S/C17H24N3OP/c1-4-20(5-2)22(18)19-16-12-8-6-10-14(16)15-11-7-9-13-17(15)21-3/h6-13,19H,4-5,18H2,1-3H3. The van der Waals surface area contributed by atoms with Crippen molar-refractivity contribution in [2.24, 2.45) is 5.50 Å². The van der Waals surface area contributed by atoms with Crippen molar-refractivity contribution < 1.29 is 4.74 Å². The molecule has 0 aromatic heterocycles. The van der Waals surface area contributed by atoms with Crippen LogP contribution in [0, 0.1) is 0 Å². The van der Waals surface area contributed by atoms with Gasteiger partial charge in [0.15, 0.2) is 0 Å². The molecule has 0 saturated heterocycles. The second-order valence-corrected chi connectivity index (χ2v) is 6.32. The Hall–Kier alpha value is -1.61. The molecule has 0 saturated carbocycles. The first-order valence-corrected chi connectivity index (χ1v) is 8.86. The highest BCUT2D eigenvalue weighted by molar-refractivity contribution is 7.54. The summed E-state index contributed by atoms with van der Waals surface area (Å²) >= 11 is 0. The van der Waals surface area contributed by atoms with Gasteiger partial charge < -0.3 is 9.82 Å². The smallest absolute Gasteiger partial charge is 0.140 e. The lowest BCUT2D eigenvalue weighted by molar-refractivity contribution is 0.416. The number of ether oxygens (including phenoxy) is 1. The van der Waals surface area contributed by atoms with Gasteiger partial charge in [-0.05, 0) is 12.1 Å². The van der Waals surface area contributed by atoms with E-state index in [0.29, 0.717) is 0 Å². The Morgan fingerprint density at radius 2 is 1.59 bits per heavy atom. The second kappa shape index (κ2) is 8.14. The summed E-state index contributed by atoms with van der Waals surface area (Å²) in [5.74, 6) is 0.862. The molecule has 0 heterocycles. The number of methoxy groups -OCH3 is 1. The summed E-state index contributed by atoms with van der Waals surface area (Å²) < 4.78 is 7.72. The highest BCUT2D eigenvalue weighted by Crippen LogP contribution is 2.39. The molecule has 5 heteroatoms. The minimum Gasteiger partial charge on any atom is -0.496 e. The Bertz CT molecular complexity index is 602. The molecule has 2 rings (SSSR count). The van der Waals surface area contributed by atoms with Crippen LogP contribution in [0.15, 0.2) is 48.5 Å². The fourth-order valence-electron chi connectivity index (χ4n) is 2.41. The monoisotopic (exact) mass is 317 g/mol. The summed E-state index contributed by atoms with van der Waals surface area (Å²) in [5.41, 5.74) is 9.54. The van der Waals surface area contributed by atoms with Crippen LogP contribution in [-0.2, 0) is 0 Å². The van der Waals surface area contributed by atoms with Gasteiger partial charge in [0.2, 0.25) is 0 Å². The van der Waals surface area contributed by atoms with Crippen molar-refractivity contribution in [3.05, 3.63) is 48.5 Å². The number of para-hydroxylation sites is 2. The van der Waals surface area contributed by atoms with E-state index < -0.39 is 8.37 Å². The maximum Gasteiger partial charge on any atom is 0.140 e. The minimum absolute atomic E-state index is 0.862. The zero-order valence-corrected chi connectivity index (χ0v) is 14.3. The number of rotatable bonds is 7. The molecule has 3 N–H and O–H groups in total. The molecule has 0 fully saturated rings. The number of benzene rings is 2. The van der Waals surface area contributed by atoms with Gasteiger partial charge in [-0.25, -0.2) is 0 Å². The van der Waals surface area contributed by atoms with Gasteiger partial charge in [-0.2, -0.15) is 0 Å². The predicted octanol–water partition coefficient (Wildman–Crippen LogP) is 4.30. The third-order valence-corrected chi connectivity index (χ3v) is 5.24.